The van der Waals surface area contributed by atoms with E-state index in [1.54, 1.807) is 23.1 Å². The van der Waals surface area contributed by atoms with Crippen LogP contribution in [0.1, 0.15) is 50.8 Å². The Morgan fingerprint density at radius 2 is 1.94 bits per heavy atom. The molecule has 2 heterocycles. The van der Waals surface area contributed by atoms with E-state index in [0.29, 0.717) is 18.1 Å². The van der Waals surface area contributed by atoms with Gasteiger partial charge < -0.3 is 10.2 Å². The number of fused-ring (bicyclic) bond motifs is 1. The Morgan fingerprint density at radius 3 is 2.58 bits per heavy atom. The van der Waals surface area contributed by atoms with Gasteiger partial charge in [-0.2, -0.15) is 0 Å². The van der Waals surface area contributed by atoms with Gasteiger partial charge in [-0.1, -0.05) is 0 Å². The van der Waals surface area contributed by atoms with Crippen LogP contribution in [0.4, 0.5) is 10.8 Å². The molecule has 1 aliphatic carbocycles. The topological polar surface area (TPSA) is 108 Å². The van der Waals surface area contributed by atoms with Gasteiger partial charge in [0, 0.05) is 36.5 Å². The number of aromatic nitrogens is 1. The van der Waals surface area contributed by atoms with E-state index in [1.807, 2.05) is 19.2 Å². The van der Waals surface area contributed by atoms with Crippen LogP contribution >= 0.6 is 11.3 Å². The molecular weight excluding hydrogens is 460 g/mol. The fourth-order valence-corrected chi connectivity index (χ4v) is 6.67. The number of anilines is 2. The van der Waals surface area contributed by atoms with Crippen LogP contribution in [0.2, 0.25) is 0 Å². The number of amides is 2. The largest absolute Gasteiger partial charge is 0.309 e. The van der Waals surface area contributed by atoms with Gasteiger partial charge in [-0.15, -0.1) is 11.3 Å². The van der Waals surface area contributed by atoms with Gasteiger partial charge in [0.1, 0.15) is 0 Å². The maximum atomic E-state index is 12.9. The summed E-state index contributed by atoms with van der Waals surface area (Å²) in [5.41, 5.74) is 2.56. The molecule has 0 saturated heterocycles. The minimum Gasteiger partial charge on any atom is -0.309 e. The zero-order valence-corrected chi connectivity index (χ0v) is 20.8. The molecule has 4 rings (SSSR count). The van der Waals surface area contributed by atoms with Crippen LogP contribution in [0, 0.1) is 18.8 Å². The van der Waals surface area contributed by atoms with E-state index in [2.05, 4.69) is 15.0 Å². The zero-order valence-electron chi connectivity index (χ0n) is 19.1. The molecule has 2 amide bonds. The van der Waals surface area contributed by atoms with Crippen molar-refractivity contribution in [1.29, 1.82) is 0 Å². The van der Waals surface area contributed by atoms with Crippen molar-refractivity contribution < 1.29 is 18.0 Å². The lowest BCUT2D eigenvalue weighted by atomic mass is 9.81. The fourth-order valence-electron chi connectivity index (χ4n) is 4.81. The summed E-state index contributed by atoms with van der Waals surface area (Å²) in [5, 5.41) is 5.42. The molecule has 0 bridgehead atoms. The number of benzene rings is 1. The first-order valence-corrected chi connectivity index (χ1v) is 13.7. The first-order valence-electron chi connectivity index (χ1n) is 11.3. The molecule has 2 aromatic rings. The number of hydrogen-bond donors (Lipinski definition) is 2. The molecule has 0 radical (unpaired) electrons. The lowest BCUT2D eigenvalue weighted by Gasteiger charge is -2.27. The fraction of sp³-hybridized carbons (Fsp3) is 0.522. The van der Waals surface area contributed by atoms with Crippen molar-refractivity contribution in [2.75, 3.05) is 16.8 Å². The van der Waals surface area contributed by atoms with Crippen molar-refractivity contribution in [2.45, 2.75) is 63.8 Å². The summed E-state index contributed by atoms with van der Waals surface area (Å²) in [4.78, 5) is 30.6. The molecule has 1 saturated carbocycles. The molecule has 10 heteroatoms. The van der Waals surface area contributed by atoms with Crippen molar-refractivity contribution in [3.05, 3.63) is 34.8 Å². The summed E-state index contributed by atoms with van der Waals surface area (Å²) < 4.78 is 28.5. The number of nitrogens with zero attached hydrogens (tertiary/aromatic N) is 2. The summed E-state index contributed by atoms with van der Waals surface area (Å²) >= 11 is 1.42. The van der Waals surface area contributed by atoms with E-state index in [0.717, 1.165) is 42.6 Å². The van der Waals surface area contributed by atoms with Crippen molar-refractivity contribution in [2.24, 2.45) is 11.8 Å². The predicted octanol–water partition coefficient (Wildman–Crippen LogP) is 3.47. The van der Waals surface area contributed by atoms with Gasteiger partial charge >= 0.3 is 0 Å². The van der Waals surface area contributed by atoms with E-state index >= 15 is 0 Å². The first kappa shape index (κ1) is 23.8. The molecule has 1 aromatic carbocycles. The summed E-state index contributed by atoms with van der Waals surface area (Å²) in [5.74, 6) is 0.0926. The van der Waals surface area contributed by atoms with Gasteiger partial charge in [-0.3, -0.25) is 9.59 Å². The van der Waals surface area contributed by atoms with Gasteiger partial charge in [0.25, 0.3) is 0 Å². The molecule has 33 heavy (non-hydrogen) atoms. The normalized spacial score (nSPS) is 22.8. The van der Waals surface area contributed by atoms with Gasteiger partial charge in [0.15, 0.2) is 5.13 Å². The van der Waals surface area contributed by atoms with Crippen molar-refractivity contribution in [3.63, 3.8) is 0 Å². The molecule has 1 fully saturated rings. The molecule has 1 atom stereocenters. The maximum absolute atomic E-state index is 12.9. The highest BCUT2D eigenvalue weighted by Crippen LogP contribution is 2.34. The highest BCUT2D eigenvalue weighted by atomic mass is 32.2. The molecule has 1 aromatic heterocycles. The number of thiazole rings is 1. The molecule has 178 valence electrons. The van der Waals surface area contributed by atoms with E-state index in [9.17, 15) is 18.0 Å². The van der Waals surface area contributed by atoms with Gasteiger partial charge in [0.05, 0.1) is 10.6 Å². The van der Waals surface area contributed by atoms with Crippen LogP contribution in [-0.4, -0.2) is 37.8 Å². The predicted molar refractivity (Wildman–Crippen MR) is 129 cm³/mol. The summed E-state index contributed by atoms with van der Waals surface area (Å²) in [6.07, 6.45) is 3.71. The van der Waals surface area contributed by atoms with Crippen LogP contribution in [0.5, 0.6) is 0 Å². The molecule has 1 aliphatic heterocycles. The third kappa shape index (κ3) is 5.28. The van der Waals surface area contributed by atoms with Crippen molar-refractivity contribution >= 4 is 44.0 Å². The smallest absolute Gasteiger partial charge is 0.240 e. The Kier molecular flexibility index (Phi) is 6.88. The molecule has 2 aliphatic rings. The number of carbonyl (C=O) groups is 2. The Labute approximate surface area is 198 Å². The van der Waals surface area contributed by atoms with E-state index < -0.39 is 10.0 Å². The van der Waals surface area contributed by atoms with Crippen LogP contribution in [0.15, 0.2) is 28.5 Å². The summed E-state index contributed by atoms with van der Waals surface area (Å²) in [6.45, 7) is 5.73. The van der Waals surface area contributed by atoms with E-state index in [4.69, 9.17) is 0 Å². The average molecular weight is 491 g/mol. The monoisotopic (exact) mass is 490 g/mol. The minimum absolute atomic E-state index is 0.00430. The molecule has 8 nitrogen and oxygen atoms in total. The standard InChI is InChI=1S/C23H30N4O4S2/c1-14-13-32-23(25-14)26-22(29)18-6-4-17(5-7-18)12-24-33(30,31)20-8-9-21-19(11-20)10-15(2)27(21)16(3)28/h8-9,11,13,15,17-18,24H,4-7,10,12H2,1-3H3,(H,25,26,29)/t15-,17?,18?/m0/s1. The van der Waals surface area contributed by atoms with Gasteiger partial charge in [-0.25, -0.2) is 18.1 Å². The number of aryl methyl sites for hydroxylation is 1. The Balaban J connectivity index is 1.30. The van der Waals surface area contributed by atoms with Crippen LogP contribution < -0.4 is 14.9 Å². The Morgan fingerprint density at radius 1 is 1.21 bits per heavy atom. The Bertz CT molecular complexity index is 1150. The molecule has 2 N–H and O–H groups in total. The van der Waals surface area contributed by atoms with Gasteiger partial charge in [0.2, 0.25) is 21.8 Å². The SMILES string of the molecule is CC(=O)N1c2ccc(S(=O)(=O)NCC3CCC(C(=O)Nc4nc(C)cs4)CC3)cc2C[C@@H]1C. The minimum atomic E-state index is -3.64. The van der Waals surface area contributed by atoms with E-state index in [-0.39, 0.29) is 34.6 Å². The molecule has 0 spiro atoms. The second-order valence-corrected chi connectivity index (χ2v) is 11.7. The maximum Gasteiger partial charge on any atom is 0.240 e. The second kappa shape index (κ2) is 9.52. The number of sulfonamides is 1. The lowest BCUT2D eigenvalue weighted by molar-refractivity contribution is -0.121. The van der Waals surface area contributed by atoms with Crippen LogP contribution in [0.3, 0.4) is 0 Å². The molecule has 0 unspecified atom stereocenters. The van der Waals surface area contributed by atoms with Crippen molar-refractivity contribution in [3.8, 4) is 0 Å². The zero-order chi connectivity index (χ0) is 23.8. The number of rotatable bonds is 6. The summed E-state index contributed by atoms with van der Waals surface area (Å²) in [6, 6.07) is 4.99. The van der Waals surface area contributed by atoms with Crippen LogP contribution in [0.25, 0.3) is 0 Å². The van der Waals surface area contributed by atoms with Crippen molar-refractivity contribution in [1.82, 2.24) is 9.71 Å². The summed E-state index contributed by atoms with van der Waals surface area (Å²) in [7, 11) is -3.64. The van der Waals surface area contributed by atoms with Gasteiger partial charge in [-0.05, 0) is 75.6 Å². The highest BCUT2D eigenvalue weighted by Gasteiger charge is 2.31. The lowest BCUT2D eigenvalue weighted by Crippen LogP contribution is -2.34. The third-order valence-electron chi connectivity index (χ3n) is 6.54. The number of carbonyl (C=O) groups excluding carboxylic acids is 2. The average Bonchev–Trinajstić information content (AvgIpc) is 3.33. The quantitative estimate of drug-likeness (QED) is 0.645. The second-order valence-electron chi connectivity index (χ2n) is 9.09. The Hall–Kier alpha value is -2.30. The highest BCUT2D eigenvalue weighted by molar-refractivity contribution is 7.89. The van der Waals surface area contributed by atoms with Crippen LogP contribution in [-0.2, 0) is 26.0 Å². The third-order valence-corrected chi connectivity index (χ3v) is 8.84. The number of nitrogens with one attached hydrogen (secondary N) is 2. The molecular formula is C23H30N4O4S2. The van der Waals surface area contributed by atoms with E-state index in [1.165, 1.54) is 18.3 Å². The first-order chi connectivity index (χ1) is 15.6. The number of hydrogen-bond acceptors (Lipinski definition) is 6.